The first kappa shape index (κ1) is 15.8. The third kappa shape index (κ3) is 4.48. The summed E-state index contributed by atoms with van der Waals surface area (Å²) in [4.78, 5) is 1.98. The lowest BCUT2D eigenvalue weighted by Crippen LogP contribution is -2.40. The van der Waals surface area contributed by atoms with Crippen LogP contribution in [0.2, 0.25) is 10.0 Å². The number of nitrogens with one attached hydrogen (secondary N) is 1. The van der Waals surface area contributed by atoms with E-state index in [1.807, 2.05) is 24.1 Å². The maximum absolute atomic E-state index is 6.01. The Morgan fingerprint density at radius 3 is 2.90 bits per heavy atom. The number of halogens is 2. The second-order valence-corrected chi connectivity index (χ2v) is 6.13. The standard InChI is InChI=1S/C14H18Cl2N2OS/c1-18(9-10-4-5-12(15)13(16)7-10)14(20)17-8-11-3-2-6-19-11/h4-5,7,11H,2-3,6,8-9H2,1H3,(H,17,20)/t11-/m0/s1. The molecule has 1 N–H and O–H groups in total. The molecule has 0 spiro atoms. The van der Waals surface area contributed by atoms with Gasteiger partial charge in [0.15, 0.2) is 5.11 Å². The molecule has 2 rings (SSSR count). The minimum atomic E-state index is 0.284. The van der Waals surface area contributed by atoms with Crippen LogP contribution in [0.4, 0.5) is 0 Å². The molecular weight excluding hydrogens is 315 g/mol. The predicted octanol–water partition coefficient (Wildman–Crippen LogP) is 3.48. The van der Waals surface area contributed by atoms with Crippen molar-refractivity contribution in [3.05, 3.63) is 33.8 Å². The van der Waals surface area contributed by atoms with Crippen molar-refractivity contribution in [2.75, 3.05) is 20.2 Å². The van der Waals surface area contributed by atoms with Gasteiger partial charge < -0.3 is 15.0 Å². The summed E-state index contributed by atoms with van der Waals surface area (Å²) in [7, 11) is 1.95. The van der Waals surface area contributed by atoms with Crippen LogP contribution in [0, 0.1) is 0 Å². The molecule has 0 amide bonds. The maximum atomic E-state index is 6.01. The lowest BCUT2D eigenvalue weighted by Gasteiger charge is -2.22. The van der Waals surface area contributed by atoms with E-state index >= 15 is 0 Å². The van der Waals surface area contributed by atoms with Crippen LogP contribution in [0.1, 0.15) is 18.4 Å². The minimum Gasteiger partial charge on any atom is -0.376 e. The molecule has 1 aliphatic rings. The number of ether oxygens (including phenoxy) is 1. The Balaban J connectivity index is 1.81. The molecule has 0 aromatic heterocycles. The van der Waals surface area contributed by atoms with Crippen LogP contribution < -0.4 is 5.32 Å². The van der Waals surface area contributed by atoms with Gasteiger partial charge in [-0.25, -0.2) is 0 Å². The summed E-state index contributed by atoms with van der Waals surface area (Å²) < 4.78 is 5.56. The highest BCUT2D eigenvalue weighted by Crippen LogP contribution is 2.23. The maximum Gasteiger partial charge on any atom is 0.169 e. The molecule has 1 heterocycles. The molecule has 1 fully saturated rings. The summed E-state index contributed by atoms with van der Waals surface area (Å²) in [6.45, 7) is 2.32. The van der Waals surface area contributed by atoms with E-state index in [2.05, 4.69) is 5.32 Å². The molecule has 0 saturated carbocycles. The Bertz CT molecular complexity index is 478. The number of hydrogen-bond donors (Lipinski definition) is 1. The first-order valence-electron chi connectivity index (χ1n) is 6.61. The SMILES string of the molecule is CN(Cc1ccc(Cl)c(Cl)c1)C(=S)NC[C@@H]1CCCO1. The molecular formula is C14H18Cl2N2OS. The van der Waals surface area contributed by atoms with Crippen molar-refractivity contribution >= 4 is 40.5 Å². The summed E-state index contributed by atoms with van der Waals surface area (Å²) in [6.07, 6.45) is 2.52. The van der Waals surface area contributed by atoms with E-state index in [4.69, 9.17) is 40.2 Å². The van der Waals surface area contributed by atoms with Crippen molar-refractivity contribution in [1.82, 2.24) is 10.2 Å². The zero-order chi connectivity index (χ0) is 14.5. The molecule has 1 aromatic carbocycles. The van der Waals surface area contributed by atoms with Gasteiger partial charge in [-0.1, -0.05) is 29.3 Å². The van der Waals surface area contributed by atoms with Gasteiger partial charge in [0.05, 0.1) is 16.1 Å². The van der Waals surface area contributed by atoms with Gasteiger partial charge in [0, 0.05) is 26.7 Å². The van der Waals surface area contributed by atoms with Crippen LogP contribution in [0.3, 0.4) is 0 Å². The molecule has 0 aliphatic carbocycles. The molecule has 1 aromatic rings. The Kier molecular flexibility index (Phi) is 5.90. The fourth-order valence-electron chi connectivity index (χ4n) is 2.13. The van der Waals surface area contributed by atoms with Gasteiger partial charge >= 0.3 is 0 Å². The summed E-state index contributed by atoms with van der Waals surface area (Å²) >= 11 is 17.3. The van der Waals surface area contributed by atoms with Crippen molar-refractivity contribution in [2.24, 2.45) is 0 Å². The van der Waals surface area contributed by atoms with E-state index in [-0.39, 0.29) is 6.10 Å². The van der Waals surface area contributed by atoms with Crippen molar-refractivity contribution in [1.29, 1.82) is 0 Å². The topological polar surface area (TPSA) is 24.5 Å². The minimum absolute atomic E-state index is 0.284. The van der Waals surface area contributed by atoms with Crippen LogP contribution >= 0.6 is 35.4 Å². The quantitative estimate of drug-likeness (QED) is 0.853. The van der Waals surface area contributed by atoms with Gasteiger partial charge in [-0.3, -0.25) is 0 Å². The monoisotopic (exact) mass is 332 g/mol. The second-order valence-electron chi connectivity index (χ2n) is 4.93. The highest BCUT2D eigenvalue weighted by molar-refractivity contribution is 7.80. The highest BCUT2D eigenvalue weighted by Gasteiger charge is 2.16. The highest BCUT2D eigenvalue weighted by atomic mass is 35.5. The third-order valence-corrected chi connectivity index (χ3v) is 4.45. The largest absolute Gasteiger partial charge is 0.376 e. The molecule has 20 heavy (non-hydrogen) atoms. The van der Waals surface area contributed by atoms with E-state index in [1.54, 1.807) is 6.07 Å². The number of benzene rings is 1. The Morgan fingerprint density at radius 1 is 1.45 bits per heavy atom. The van der Waals surface area contributed by atoms with E-state index in [9.17, 15) is 0 Å². The van der Waals surface area contributed by atoms with Crippen molar-refractivity contribution in [3.63, 3.8) is 0 Å². The fourth-order valence-corrected chi connectivity index (χ4v) is 2.59. The Hall–Kier alpha value is -0.550. The predicted molar refractivity (Wildman–Crippen MR) is 87.5 cm³/mol. The van der Waals surface area contributed by atoms with Crippen molar-refractivity contribution < 1.29 is 4.74 Å². The first-order chi connectivity index (χ1) is 9.56. The number of nitrogens with zero attached hydrogens (tertiary/aromatic N) is 1. The molecule has 0 radical (unpaired) electrons. The second kappa shape index (κ2) is 7.46. The molecule has 3 nitrogen and oxygen atoms in total. The van der Waals surface area contributed by atoms with Gasteiger partial charge in [0.1, 0.15) is 0 Å². The van der Waals surface area contributed by atoms with Gasteiger partial charge in [-0.05, 0) is 42.8 Å². The summed E-state index contributed by atoms with van der Waals surface area (Å²) in [5, 5.41) is 5.09. The molecule has 0 bridgehead atoms. The smallest absolute Gasteiger partial charge is 0.169 e. The van der Waals surface area contributed by atoms with E-state index < -0.39 is 0 Å². The van der Waals surface area contributed by atoms with Crippen LogP contribution in [0.5, 0.6) is 0 Å². The van der Waals surface area contributed by atoms with E-state index in [0.717, 1.165) is 31.6 Å². The molecule has 6 heteroatoms. The number of rotatable bonds is 4. The van der Waals surface area contributed by atoms with Crippen LogP contribution in [0.15, 0.2) is 18.2 Å². The Labute approximate surface area is 135 Å². The van der Waals surface area contributed by atoms with Gasteiger partial charge in [0.25, 0.3) is 0 Å². The fraction of sp³-hybridized carbons (Fsp3) is 0.500. The molecule has 1 atom stereocenters. The van der Waals surface area contributed by atoms with Crippen molar-refractivity contribution in [3.8, 4) is 0 Å². The van der Waals surface area contributed by atoms with Crippen LogP contribution in [0.25, 0.3) is 0 Å². The van der Waals surface area contributed by atoms with Gasteiger partial charge in [-0.15, -0.1) is 0 Å². The lowest BCUT2D eigenvalue weighted by molar-refractivity contribution is 0.113. The zero-order valence-corrected chi connectivity index (χ0v) is 13.7. The summed E-state index contributed by atoms with van der Waals surface area (Å²) in [5.74, 6) is 0. The Morgan fingerprint density at radius 2 is 2.25 bits per heavy atom. The lowest BCUT2D eigenvalue weighted by atomic mass is 10.2. The molecule has 110 valence electrons. The molecule has 1 saturated heterocycles. The van der Waals surface area contributed by atoms with Crippen molar-refractivity contribution in [2.45, 2.75) is 25.5 Å². The normalized spacial score (nSPS) is 18.1. The van der Waals surface area contributed by atoms with Gasteiger partial charge in [-0.2, -0.15) is 0 Å². The molecule has 0 unspecified atom stereocenters. The summed E-state index contributed by atoms with van der Waals surface area (Å²) in [6, 6.07) is 5.62. The van der Waals surface area contributed by atoms with Crippen LogP contribution in [-0.4, -0.2) is 36.3 Å². The van der Waals surface area contributed by atoms with E-state index in [1.165, 1.54) is 0 Å². The third-order valence-electron chi connectivity index (χ3n) is 3.26. The average molecular weight is 333 g/mol. The number of thiocarbonyl (C=S) groups is 1. The molecule has 1 aliphatic heterocycles. The zero-order valence-electron chi connectivity index (χ0n) is 11.4. The van der Waals surface area contributed by atoms with E-state index in [0.29, 0.717) is 21.7 Å². The first-order valence-corrected chi connectivity index (χ1v) is 7.77. The van der Waals surface area contributed by atoms with Gasteiger partial charge in [0.2, 0.25) is 0 Å². The summed E-state index contributed by atoms with van der Waals surface area (Å²) in [5.41, 5.74) is 1.07. The van der Waals surface area contributed by atoms with Crippen LogP contribution in [-0.2, 0) is 11.3 Å². The number of hydrogen-bond acceptors (Lipinski definition) is 2. The average Bonchev–Trinajstić information content (AvgIpc) is 2.93.